The molecule has 0 amide bonds. The van der Waals surface area contributed by atoms with Crippen molar-refractivity contribution in [1.82, 2.24) is 14.8 Å². The molecular formula is C17H17N3O3. The number of methoxy groups -OCH3 is 2. The first-order chi connectivity index (χ1) is 11.2. The van der Waals surface area contributed by atoms with E-state index in [1.165, 1.54) is 4.57 Å². The van der Waals surface area contributed by atoms with Crippen molar-refractivity contribution in [1.29, 1.82) is 0 Å². The van der Waals surface area contributed by atoms with E-state index < -0.39 is 0 Å². The van der Waals surface area contributed by atoms with Crippen molar-refractivity contribution in [2.24, 2.45) is 0 Å². The normalized spacial score (nSPS) is 10.5. The van der Waals surface area contributed by atoms with Crippen molar-refractivity contribution in [3.63, 3.8) is 0 Å². The fourth-order valence-electron chi connectivity index (χ4n) is 2.48. The monoisotopic (exact) mass is 311 g/mol. The number of para-hydroxylation sites is 2. The molecule has 1 heterocycles. The molecule has 0 saturated carbocycles. The second kappa shape index (κ2) is 6.39. The van der Waals surface area contributed by atoms with Gasteiger partial charge >= 0.3 is 5.69 Å². The zero-order chi connectivity index (χ0) is 16.2. The SMILES string of the molecule is COc1cccc(Cc2n[nH]c(=O)n2-c2ccccc2OC)c1. The summed E-state index contributed by atoms with van der Waals surface area (Å²) in [6.45, 7) is 0. The van der Waals surface area contributed by atoms with Gasteiger partial charge in [0.1, 0.15) is 17.3 Å². The Bertz CT molecular complexity index is 867. The lowest BCUT2D eigenvalue weighted by atomic mass is 10.1. The highest BCUT2D eigenvalue weighted by atomic mass is 16.5. The molecule has 0 aliphatic rings. The van der Waals surface area contributed by atoms with Crippen LogP contribution in [0.4, 0.5) is 0 Å². The number of benzene rings is 2. The number of nitrogens with zero attached hydrogens (tertiary/aromatic N) is 2. The standard InChI is InChI=1S/C17H17N3O3/c1-22-13-7-5-6-12(10-13)11-16-18-19-17(21)20(16)14-8-3-4-9-15(14)23-2/h3-10H,11H2,1-2H3,(H,19,21). The molecule has 0 aliphatic heterocycles. The van der Waals surface area contributed by atoms with Gasteiger partial charge in [0.2, 0.25) is 0 Å². The minimum absolute atomic E-state index is 0.299. The van der Waals surface area contributed by atoms with E-state index in [1.807, 2.05) is 48.5 Å². The van der Waals surface area contributed by atoms with Gasteiger partial charge in [-0.15, -0.1) is 0 Å². The first-order valence-electron chi connectivity index (χ1n) is 7.15. The summed E-state index contributed by atoms with van der Waals surface area (Å²) >= 11 is 0. The van der Waals surface area contributed by atoms with Crippen LogP contribution in [-0.4, -0.2) is 29.0 Å². The smallest absolute Gasteiger partial charge is 0.348 e. The van der Waals surface area contributed by atoms with Gasteiger partial charge in [-0.25, -0.2) is 14.5 Å². The van der Waals surface area contributed by atoms with Gasteiger partial charge in [0.05, 0.1) is 19.9 Å². The maximum atomic E-state index is 12.2. The summed E-state index contributed by atoms with van der Waals surface area (Å²) in [5, 5.41) is 6.65. The summed E-state index contributed by atoms with van der Waals surface area (Å²) in [5.41, 5.74) is 1.36. The molecule has 0 bridgehead atoms. The highest BCUT2D eigenvalue weighted by molar-refractivity contribution is 5.47. The third-order valence-electron chi connectivity index (χ3n) is 3.56. The number of H-pyrrole nitrogens is 1. The van der Waals surface area contributed by atoms with Gasteiger partial charge in [0.25, 0.3) is 0 Å². The lowest BCUT2D eigenvalue weighted by Crippen LogP contribution is -2.17. The number of aromatic amines is 1. The predicted molar refractivity (Wildman–Crippen MR) is 86.5 cm³/mol. The van der Waals surface area contributed by atoms with Crippen molar-refractivity contribution in [3.05, 3.63) is 70.4 Å². The third-order valence-corrected chi connectivity index (χ3v) is 3.56. The summed E-state index contributed by atoms with van der Waals surface area (Å²) in [6, 6.07) is 15.0. The molecule has 2 aromatic carbocycles. The number of hydrogen-bond acceptors (Lipinski definition) is 4. The first-order valence-corrected chi connectivity index (χ1v) is 7.15. The maximum absolute atomic E-state index is 12.2. The van der Waals surface area contributed by atoms with Crippen LogP contribution in [0.25, 0.3) is 5.69 Å². The molecule has 6 heteroatoms. The summed E-state index contributed by atoms with van der Waals surface area (Å²) in [4.78, 5) is 12.2. The van der Waals surface area contributed by atoms with Gasteiger partial charge in [0, 0.05) is 6.42 Å². The Balaban J connectivity index is 2.03. The van der Waals surface area contributed by atoms with Crippen LogP contribution in [0.15, 0.2) is 53.3 Å². The van der Waals surface area contributed by atoms with Crippen LogP contribution in [0, 0.1) is 0 Å². The number of rotatable bonds is 5. The molecular weight excluding hydrogens is 294 g/mol. The molecule has 118 valence electrons. The molecule has 0 spiro atoms. The lowest BCUT2D eigenvalue weighted by Gasteiger charge is -2.10. The molecule has 3 rings (SSSR count). The number of ether oxygens (including phenoxy) is 2. The highest BCUT2D eigenvalue weighted by Gasteiger charge is 2.14. The molecule has 3 aromatic rings. The van der Waals surface area contributed by atoms with Gasteiger partial charge in [-0.2, -0.15) is 5.10 Å². The molecule has 1 N–H and O–H groups in total. The van der Waals surface area contributed by atoms with Gasteiger partial charge in [0.15, 0.2) is 0 Å². The summed E-state index contributed by atoms with van der Waals surface area (Å²) in [7, 11) is 3.20. The Morgan fingerprint density at radius 2 is 1.91 bits per heavy atom. The van der Waals surface area contributed by atoms with Gasteiger partial charge in [-0.3, -0.25) is 0 Å². The molecule has 23 heavy (non-hydrogen) atoms. The largest absolute Gasteiger partial charge is 0.497 e. The van der Waals surface area contributed by atoms with Gasteiger partial charge in [-0.05, 0) is 29.8 Å². The molecule has 6 nitrogen and oxygen atoms in total. The predicted octanol–water partition coefficient (Wildman–Crippen LogP) is 2.17. The first kappa shape index (κ1) is 14.9. The molecule has 0 atom stereocenters. The van der Waals surface area contributed by atoms with Gasteiger partial charge in [-0.1, -0.05) is 24.3 Å². The van der Waals surface area contributed by atoms with Crippen LogP contribution in [0.1, 0.15) is 11.4 Å². The summed E-state index contributed by atoms with van der Waals surface area (Å²) < 4.78 is 12.1. The zero-order valence-corrected chi connectivity index (χ0v) is 12.9. The van der Waals surface area contributed by atoms with E-state index >= 15 is 0 Å². The Kier molecular flexibility index (Phi) is 4.14. The van der Waals surface area contributed by atoms with Crippen molar-refractivity contribution in [2.45, 2.75) is 6.42 Å². The molecule has 1 aromatic heterocycles. The zero-order valence-electron chi connectivity index (χ0n) is 12.9. The van der Waals surface area contributed by atoms with E-state index in [1.54, 1.807) is 14.2 Å². The number of hydrogen-bond donors (Lipinski definition) is 1. The topological polar surface area (TPSA) is 69.1 Å². The maximum Gasteiger partial charge on any atom is 0.348 e. The van der Waals surface area contributed by atoms with E-state index in [0.717, 1.165) is 11.3 Å². The Morgan fingerprint density at radius 1 is 1.09 bits per heavy atom. The molecule has 0 fully saturated rings. The highest BCUT2D eigenvalue weighted by Crippen LogP contribution is 2.22. The average Bonchev–Trinajstić information content (AvgIpc) is 2.95. The van der Waals surface area contributed by atoms with Crippen molar-refractivity contribution in [2.75, 3.05) is 14.2 Å². The van der Waals surface area contributed by atoms with Crippen LogP contribution < -0.4 is 15.2 Å². The second-order valence-corrected chi connectivity index (χ2v) is 4.98. The lowest BCUT2D eigenvalue weighted by molar-refractivity contribution is 0.412. The number of aromatic nitrogens is 3. The van der Waals surface area contributed by atoms with Crippen molar-refractivity contribution in [3.8, 4) is 17.2 Å². The molecule has 0 unspecified atom stereocenters. The van der Waals surface area contributed by atoms with Crippen LogP contribution >= 0.6 is 0 Å². The van der Waals surface area contributed by atoms with Crippen molar-refractivity contribution < 1.29 is 9.47 Å². The third kappa shape index (κ3) is 2.96. The summed E-state index contributed by atoms with van der Waals surface area (Å²) in [5.74, 6) is 1.99. The molecule has 0 aliphatic carbocycles. The second-order valence-electron chi connectivity index (χ2n) is 4.98. The van der Waals surface area contributed by atoms with Crippen LogP contribution in [-0.2, 0) is 6.42 Å². The van der Waals surface area contributed by atoms with Crippen LogP contribution in [0.3, 0.4) is 0 Å². The Hall–Kier alpha value is -3.02. The molecule has 0 saturated heterocycles. The van der Waals surface area contributed by atoms with E-state index in [2.05, 4.69) is 10.2 Å². The quantitative estimate of drug-likeness (QED) is 0.784. The molecule has 0 radical (unpaired) electrons. The van der Waals surface area contributed by atoms with Crippen LogP contribution in [0.5, 0.6) is 11.5 Å². The van der Waals surface area contributed by atoms with E-state index in [9.17, 15) is 4.79 Å². The fourth-order valence-corrected chi connectivity index (χ4v) is 2.48. The Morgan fingerprint density at radius 3 is 2.70 bits per heavy atom. The fraction of sp³-hybridized carbons (Fsp3) is 0.176. The van der Waals surface area contributed by atoms with Gasteiger partial charge < -0.3 is 9.47 Å². The minimum Gasteiger partial charge on any atom is -0.497 e. The van der Waals surface area contributed by atoms with Crippen molar-refractivity contribution >= 4 is 0 Å². The summed E-state index contributed by atoms with van der Waals surface area (Å²) in [6.07, 6.45) is 0.494. The van der Waals surface area contributed by atoms with E-state index in [4.69, 9.17) is 9.47 Å². The number of nitrogens with one attached hydrogen (secondary N) is 1. The average molecular weight is 311 g/mol. The van der Waals surface area contributed by atoms with Crippen LogP contribution in [0.2, 0.25) is 0 Å². The Labute approximate surface area is 133 Å². The van der Waals surface area contributed by atoms with E-state index in [-0.39, 0.29) is 5.69 Å². The van der Waals surface area contributed by atoms with E-state index in [0.29, 0.717) is 23.7 Å². The minimum atomic E-state index is -0.299.